The Kier molecular flexibility index (Phi) is 4.81. The molecule has 1 saturated heterocycles. The van der Waals surface area contributed by atoms with E-state index in [4.69, 9.17) is 4.52 Å². The fourth-order valence-electron chi connectivity index (χ4n) is 2.78. The van der Waals surface area contributed by atoms with Gasteiger partial charge in [-0.1, -0.05) is 5.16 Å². The minimum absolute atomic E-state index is 0.0376. The van der Waals surface area contributed by atoms with Gasteiger partial charge in [0.1, 0.15) is 12.0 Å². The summed E-state index contributed by atoms with van der Waals surface area (Å²) in [5.41, 5.74) is 0.806. The molecule has 0 radical (unpaired) electrons. The van der Waals surface area contributed by atoms with E-state index in [9.17, 15) is 4.79 Å². The highest BCUT2D eigenvalue weighted by Gasteiger charge is 2.30. The maximum Gasteiger partial charge on any atom is 0.226 e. The molecule has 20 heavy (non-hydrogen) atoms. The van der Waals surface area contributed by atoms with Gasteiger partial charge in [-0.15, -0.1) is 0 Å². The molecule has 0 unspecified atom stereocenters. The fourth-order valence-corrected chi connectivity index (χ4v) is 2.78. The molecule has 112 valence electrons. The van der Waals surface area contributed by atoms with Gasteiger partial charge in [0, 0.05) is 25.1 Å². The fraction of sp³-hybridized carbons (Fsp3) is 0.733. The molecule has 1 amide bonds. The number of likely N-dealkylation sites (tertiary alicyclic amines) is 1. The van der Waals surface area contributed by atoms with Gasteiger partial charge in [-0.25, -0.2) is 0 Å². The second-order valence-electron chi connectivity index (χ2n) is 5.95. The first-order valence-corrected chi connectivity index (χ1v) is 7.41. The molecule has 0 aliphatic carbocycles. The number of aromatic nitrogens is 1. The molecule has 1 aromatic rings. The van der Waals surface area contributed by atoms with Crippen LogP contribution in [0.3, 0.4) is 0 Å². The zero-order valence-corrected chi connectivity index (χ0v) is 12.9. The van der Waals surface area contributed by atoms with E-state index in [1.165, 1.54) is 0 Å². The molecule has 1 aliphatic rings. The van der Waals surface area contributed by atoms with Crippen LogP contribution in [-0.4, -0.2) is 47.0 Å². The average Bonchev–Trinajstić information content (AvgIpc) is 2.99. The zero-order valence-electron chi connectivity index (χ0n) is 12.9. The number of carbonyl (C=O) groups excluding carboxylic acids is 1. The first-order valence-electron chi connectivity index (χ1n) is 7.41. The predicted molar refractivity (Wildman–Crippen MR) is 77.1 cm³/mol. The van der Waals surface area contributed by atoms with Gasteiger partial charge in [-0.2, -0.15) is 0 Å². The molecule has 0 N–H and O–H groups in total. The van der Waals surface area contributed by atoms with Crippen molar-refractivity contribution in [1.29, 1.82) is 0 Å². The predicted octanol–water partition coefficient (Wildman–Crippen LogP) is 2.31. The third-order valence-corrected chi connectivity index (χ3v) is 4.42. The van der Waals surface area contributed by atoms with Gasteiger partial charge in [-0.05, 0) is 46.7 Å². The third kappa shape index (κ3) is 3.20. The zero-order chi connectivity index (χ0) is 14.7. The largest absolute Gasteiger partial charge is 0.364 e. The molecular weight excluding hydrogens is 254 g/mol. The Morgan fingerprint density at radius 3 is 2.55 bits per heavy atom. The number of carbonyl (C=O) groups is 1. The monoisotopic (exact) mass is 279 g/mol. The van der Waals surface area contributed by atoms with Gasteiger partial charge < -0.3 is 14.3 Å². The van der Waals surface area contributed by atoms with Gasteiger partial charge in [0.05, 0.1) is 6.04 Å². The Balaban J connectivity index is 1.91. The lowest BCUT2D eigenvalue weighted by atomic mass is 9.94. The van der Waals surface area contributed by atoms with E-state index < -0.39 is 0 Å². The molecule has 1 atom stereocenters. The standard InChI is InChI=1S/C15H25N3O2/c1-11(2)18-8-5-13(6-9-18)15(19)17(4)12(3)14-7-10-20-16-14/h7,10-13H,5-6,8-9H2,1-4H3/t12-/m1/s1. The Bertz CT molecular complexity index is 422. The highest BCUT2D eigenvalue weighted by Crippen LogP contribution is 2.25. The van der Waals surface area contributed by atoms with Crippen molar-refractivity contribution in [2.45, 2.75) is 45.7 Å². The topological polar surface area (TPSA) is 49.6 Å². The van der Waals surface area contributed by atoms with E-state index >= 15 is 0 Å². The highest BCUT2D eigenvalue weighted by atomic mass is 16.5. The smallest absolute Gasteiger partial charge is 0.226 e. The van der Waals surface area contributed by atoms with Crippen LogP contribution in [0.5, 0.6) is 0 Å². The van der Waals surface area contributed by atoms with E-state index in [1.807, 2.05) is 20.0 Å². The van der Waals surface area contributed by atoms with Gasteiger partial charge in [-0.3, -0.25) is 4.79 Å². The van der Waals surface area contributed by atoms with Crippen molar-refractivity contribution in [3.8, 4) is 0 Å². The van der Waals surface area contributed by atoms with Gasteiger partial charge in [0.2, 0.25) is 5.91 Å². The number of amides is 1. The molecular formula is C15H25N3O2. The molecule has 2 rings (SSSR count). The van der Waals surface area contributed by atoms with Gasteiger partial charge >= 0.3 is 0 Å². The van der Waals surface area contributed by atoms with Crippen molar-refractivity contribution in [3.05, 3.63) is 18.0 Å². The maximum atomic E-state index is 12.6. The quantitative estimate of drug-likeness (QED) is 0.848. The molecule has 5 heteroatoms. The van der Waals surface area contributed by atoms with Crippen LogP contribution < -0.4 is 0 Å². The summed E-state index contributed by atoms with van der Waals surface area (Å²) < 4.78 is 4.86. The SMILES string of the molecule is CC(C)N1CCC(C(=O)N(C)[C@H](C)c2ccon2)CC1. The Morgan fingerprint density at radius 2 is 2.05 bits per heavy atom. The first kappa shape index (κ1) is 15.0. The van der Waals surface area contributed by atoms with E-state index in [0.29, 0.717) is 6.04 Å². The maximum absolute atomic E-state index is 12.6. The summed E-state index contributed by atoms with van der Waals surface area (Å²) >= 11 is 0. The van der Waals surface area contributed by atoms with Crippen LogP contribution in [0.15, 0.2) is 16.9 Å². The second kappa shape index (κ2) is 6.39. The minimum atomic E-state index is -0.0376. The third-order valence-electron chi connectivity index (χ3n) is 4.42. The lowest BCUT2D eigenvalue weighted by Gasteiger charge is -2.36. The number of piperidine rings is 1. The molecule has 0 spiro atoms. The number of rotatable bonds is 4. The number of hydrogen-bond acceptors (Lipinski definition) is 4. The molecule has 0 bridgehead atoms. The minimum Gasteiger partial charge on any atom is -0.364 e. The van der Waals surface area contributed by atoms with Crippen LogP contribution >= 0.6 is 0 Å². The summed E-state index contributed by atoms with van der Waals surface area (Å²) in [7, 11) is 1.86. The van der Waals surface area contributed by atoms with Crippen molar-refractivity contribution in [2.24, 2.45) is 5.92 Å². The average molecular weight is 279 g/mol. The van der Waals surface area contributed by atoms with Gasteiger partial charge in [0.15, 0.2) is 0 Å². The molecule has 1 aliphatic heterocycles. The Hall–Kier alpha value is -1.36. The molecule has 5 nitrogen and oxygen atoms in total. The summed E-state index contributed by atoms with van der Waals surface area (Å²) in [6.07, 6.45) is 3.45. The molecule has 1 aromatic heterocycles. The summed E-state index contributed by atoms with van der Waals surface area (Å²) in [6.45, 7) is 8.43. The normalized spacial score (nSPS) is 19.2. The molecule has 2 heterocycles. The van der Waals surface area contributed by atoms with Crippen molar-refractivity contribution >= 4 is 5.91 Å². The van der Waals surface area contributed by atoms with Crippen LogP contribution in [0, 0.1) is 5.92 Å². The van der Waals surface area contributed by atoms with Crippen LogP contribution in [0.2, 0.25) is 0 Å². The second-order valence-corrected chi connectivity index (χ2v) is 5.95. The Labute approximate surface area is 120 Å². The summed E-state index contributed by atoms with van der Waals surface area (Å²) in [5, 5.41) is 3.92. The van der Waals surface area contributed by atoms with E-state index in [-0.39, 0.29) is 17.9 Å². The highest BCUT2D eigenvalue weighted by molar-refractivity contribution is 5.79. The number of nitrogens with zero attached hydrogens (tertiary/aromatic N) is 3. The van der Waals surface area contributed by atoms with E-state index in [2.05, 4.69) is 23.9 Å². The lowest BCUT2D eigenvalue weighted by Crippen LogP contribution is -2.44. The van der Waals surface area contributed by atoms with E-state index in [1.54, 1.807) is 11.2 Å². The van der Waals surface area contributed by atoms with Crippen LogP contribution in [0.4, 0.5) is 0 Å². The summed E-state index contributed by atoms with van der Waals surface area (Å²) in [4.78, 5) is 16.8. The summed E-state index contributed by atoms with van der Waals surface area (Å²) in [5.74, 6) is 0.369. The molecule has 0 aromatic carbocycles. The van der Waals surface area contributed by atoms with Gasteiger partial charge in [0.25, 0.3) is 0 Å². The first-order chi connectivity index (χ1) is 9.50. The van der Waals surface area contributed by atoms with Crippen molar-refractivity contribution in [2.75, 3.05) is 20.1 Å². The number of hydrogen-bond donors (Lipinski definition) is 0. The van der Waals surface area contributed by atoms with E-state index in [0.717, 1.165) is 31.6 Å². The molecule has 0 saturated carbocycles. The van der Waals surface area contributed by atoms with Crippen molar-refractivity contribution in [3.63, 3.8) is 0 Å². The Morgan fingerprint density at radius 1 is 1.40 bits per heavy atom. The van der Waals surface area contributed by atoms with Crippen molar-refractivity contribution in [1.82, 2.24) is 15.0 Å². The van der Waals surface area contributed by atoms with Crippen LogP contribution in [0.1, 0.15) is 45.3 Å². The van der Waals surface area contributed by atoms with Crippen molar-refractivity contribution < 1.29 is 9.32 Å². The summed E-state index contributed by atoms with van der Waals surface area (Å²) in [6, 6.07) is 2.35. The lowest BCUT2D eigenvalue weighted by molar-refractivity contribution is -0.138. The van der Waals surface area contributed by atoms with Crippen LogP contribution in [0.25, 0.3) is 0 Å². The van der Waals surface area contributed by atoms with Crippen LogP contribution in [-0.2, 0) is 4.79 Å². The molecule has 1 fully saturated rings.